The molecule has 1 aromatic carbocycles. The van der Waals surface area contributed by atoms with Crippen molar-refractivity contribution >= 4 is 12.0 Å². The van der Waals surface area contributed by atoms with Crippen LogP contribution in [-0.4, -0.2) is 47.7 Å². The number of nitrogens with two attached hydrogens (primary N) is 1. The third kappa shape index (κ3) is 8.43. The molecule has 1 aliphatic heterocycles. The molecular weight excluding hydrogens is 550 g/mol. The van der Waals surface area contributed by atoms with E-state index in [1.54, 1.807) is 13.0 Å². The second-order valence-corrected chi connectivity index (χ2v) is 11.1. The number of anilines is 1. The van der Waals surface area contributed by atoms with Crippen molar-refractivity contribution in [3.8, 4) is 11.3 Å². The Labute approximate surface area is 254 Å². The molecule has 3 unspecified atom stereocenters. The Morgan fingerprint density at radius 1 is 1.12 bits per heavy atom. The molecule has 5 rings (SSSR count). The van der Waals surface area contributed by atoms with Gasteiger partial charge in [0.05, 0.1) is 17.5 Å². The first-order valence-corrected chi connectivity index (χ1v) is 15.3. The van der Waals surface area contributed by atoms with E-state index in [2.05, 4.69) is 28.3 Å². The smallest absolute Gasteiger partial charge is 0.168 e. The number of aliphatic hydroxyl groups is 1. The van der Waals surface area contributed by atoms with Crippen molar-refractivity contribution < 1.29 is 23.4 Å². The average Bonchev–Trinajstić information content (AvgIpc) is 3.02. The number of carbonyl (C=O) groups excluding carboxylic acids is 1. The Hall–Kier alpha value is -3.27. The minimum absolute atomic E-state index is 0.00407. The molecule has 3 heterocycles. The molecule has 2 fully saturated rings. The molecule has 0 amide bonds. The first-order chi connectivity index (χ1) is 20.7. The van der Waals surface area contributed by atoms with Crippen LogP contribution in [0.25, 0.3) is 11.3 Å². The van der Waals surface area contributed by atoms with Gasteiger partial charge in [0, 0.05) is 50.9 Å². The summed E-state index contributed by atoms with van der Waals surface area (Å²) >= 11 is 0. The Kier molecular flexibility index (Phi) is 12.7. The molecular formula is C34H46F2N4O3. The predicted molar refractivity (Wildman–Crippen MR) is 167 cm³/mol. The number of ether oxygens (including phenoxy) is 1. The summed E-state index contributed by atoms with van der Waals surface area (Å²) in [5.74, 6) is -0.0183. The van der Waals surface area contributed by atoms with Crippen LogP contribution in [0, 0.1) is 24.5 Å². The minimum atomic E-state index is -1.15. The number of hydrogen-bond donors (Lipinski definition) is 3. The second kappa shape index (κ2) is 16.0. The Morgan fingerprint density at radius 3 is 2.47 bits per heavy atom. The first-order valence-electron chi connectivity index (χ1n) is 15.3. The lowest BCUT2D eigenvalue weighted by Crippen LogP contribution is -2.33. The summed E-state index contributed by atoms with van der Waals surface area (Å²) in [5.41, 5.74) is 8.27. The van der Waals surface area contributed by atoms with Crippen LogP contribution < -0.4 is 11.1 Å². The molecule has 1 saturated carbocycles. The molecule has 0 spiro atoms. The van der Waals surface area contributed by atoms with Gasteiger partial charge in [-0.25, -0.2) is 13.8 Å². The van der Waals surface area contributed by atoms with Gasteiger partial charge in [-0.2, -0.15) is 0 Å². The third-order valence-electron chi connectivity index (χ3n) is 8.35. The van der Waals surface area contributed by atoms with Crippen molar-refractivity contribution in [1.29, 1.82) is 0 Å². The fraction of sp³-hybridized carbons (Fsp3) is 0.500. The molecule has 7 nitrogen and oxygen atoms in total. The Balaban J connectivity index is 0.000000235. The SMILES string of the molecule is CC.CCC1CC(N)CC(c2ccncc2NC)C1.Cc1cc(C2(O)CCOCC2)cc(F)c1-c1nc(C=O)ccc1F. The number of carbonyl (C=O) groups is 1. The highest BCUT2D eigenvalue weighted by Gasteiger charge is 2.33. The molecule has 4 N–H and O–H groups in total. The summed E-state index contributed by atoms with van der Waals surface area (Å²) in [5, 5.41) is 13.9. The number of pyridine rings is 2. The van der Waals surface area contributed by atoms with E-state index in [0.29, 0.717) is 55.4 Å². The highest BCUT2D eigenvalue weighted by atomic mass is 19.1. The number of hydrogen-bond acceptors (Lipinski definition) is 7. The van der Waals surface area contributed by atoms with E-state index < -0.39 is 17.2 Å². The third-order valence-corrected chi connectivity index (χ3v) is 8.35. The second-order valence-electron chi connectivity index (χ2n) is 11.1. The molecule has 2 aliphatic rings. The first kappa shape index (κ1) is 34.2. The number of halogens is 2. The molecule has 3 aromatic rings. The van der Waals surface area contributed by atoms with Gasteiger partial charge in [0.15, 0.2) is 6.29 Å². The van der Waals surface area contributed by atoms with Crippen LogP contribution >= 0.6 is 0 Å². The van der Waals surface area contributed by atoms with E-state index in [1.165, 1.54) is 37.0 Å². The van der Waals surface area contributed by atoms with Gasteiger partial charge in [0.2, 0.25) is 0 Å². The van der Waals surface area contributed by atoms with Gasteiger partial charge in [-0.1, -0.05) is 33.3 Å². The molecule has 9 heteroatoms. The zero-order valence-electron chi connectivity index (χ0n) is 26.0. The van der Waals surface area contributed by atoms with Gasteiger partial charge in [-0.3, -0.25) is 9.78 Å². The summed E-state index contributed by atoms with van der Waals surface area (Å²) in [6.45, 7) is 8.69. The summed E-state index contributed by atoms with van der Waals surface area (Å²) in [6, 6.07) is 7.67. The monoisotopic (exact) mass is 596 g/mol. The summed E-state index contributed by atoms with van der Waals surface area (Å²) < 4.78 is 34.0. The van der Waals surface area contributed by atoms with Gasteiger partial charge in [0.1, 0.15) is 23.0 Å². The number of aromatic nitrogens is 2. The number of rotatable bonds is 6. The van der Waals surface area contributed by atoms with Crippen molar-refractivity contribution in [1.82, 2.24) is 9.97 Å². The Bertz CT molecular complexity index is 1320. The highest BCUT2D eigenvalue weighted by Crippen LogP contribution is 2.39. The molecule has 1 aliphatic carbocycles. The van der Waals surface area contributed by atoms with Crippen LogP contribution in [-0.2, 0) is 10.3 Å². The molecule has 43 heavy (non-hydrogen) atoms. The summed E-state index contributed by atoms with van der Waals surface area (Å²) in [6.07, 6.45) is 9.83. The van der Waals surface area contributed by atoms with E-state index >= 15 is 0 Å². The molecule has 3 atom stereocenters. The van der Waals surface area contributed by atoms with Gasteiger partial charge in [-0.05, 0) is 79.0 Å². The van der Waals surface area contributed by atoms with Crippen molar-refractivity contribution in [2.75, 3.05) is 25.6 Å². The lowest BCUT2D eigenvalue weighted by Gasteiger charge is -2.33. The van der Waals surface area contributed by atoms with Crippen LogP contribution in [0.2, 0.25) is 0 Å². The van der Waals surface area contributed by atoms with Crippen molar-refractivity contribution in [3.05, 3.63) is 76.7 Å². The molecule has 0 radical (unpaired) electrons. The van der Waals surface area contributed by atoms with Gasteiger partial charge in [0.25, 0.3) is 0 Å². The largest absolute Gasteiger partial charge is 0.387 e. The lowest BCUT2D eigenvalue weighted by atomic mass is 9.75. The average molecular weight is 597 g/mol. The van der Waals surface area contributed by atoms with Crippen molar-refractivity contribution in [2.24, 2.45) is 11.7 Å². The molecule has 1 saturated heterocycles. The standard InChI is InChI=1S/C18H17F2NO3.C14H23N3.C2H6/c1-11-8-12(18(23)4-6-24-7-5-18)9-15(20)16(11)17-14(19)3-2-13(10-22)21-17;1-3-10-6-11(8-12(15)7-10)13-4-5-17-9-14(13)16-2;1-2/h2-3,8-10,23H,4-7H2,1H3;4-5,9-12,16H,3,6-8,15H2,1-2H3;1-2H3. The minimum Gasteiger partial charge on any atom is -0.387 e. The summed E-state index contributed by atoms with van der Waals surface area (Å²) in [4.78, 5) is 18.9. The quantitative estimate of drug-likeness (QED) is 0.265. The topological polar surface area (TPSA) is 110 Å². The number of nitrogens with zero attached hydrogens (tertiary/aromatic N) is 2. The van der Waals surface area contributed by atoms with Crippen LogP contribution in [0.4, 0.5) is 14.5 Å². The van der Waals surface area contributed by atoms with Gasteiger partial charge >= 0.3 is 0 Å². The van der Waals surface area contributed by atoms with E-state index in [9.17, 15) is 18.7 Å². The van der Waals surface area contributed by atoms with Crippen LogP contribution in [0.5, 0.6) is 0 Å². The molecule has 0 bridgehead atoms. The normalized spacial score (nSPS) is 21.0. The zero-order chi connectivity index (χ0) is 31.6. The fourth-order valence-corrected chi connectivity index (χ4v) is 6.05. The number of nitrogens with one attached hydrogen (secondary N) is 1. The highest BCUT2D eigenvalue weighted by molar-refractivity contribution is 5.75. The summed E-state index contributed by atoms with van der Waals surface area (Å²) in [7, 11) is 1.96. The van der Waals surface area contributed by atoms with Crippen molar-refractivity contribution in [2.45, 2.75) is 83.8 Å². The maximum absolute atomic E-state index is 14.7. The van der Waals surface area contributed by atoms with Crippen molar-refractivity contribution in [3.63, 3.8) is 0 Å². The lowest BCUT2D eigenvalue weighted by molar-refractivity contribution is -0.0680. The number of benzene rings is 1. The van der Waals surface area contributed by atoms with E-state index in [0.717, 1.165) is 24.1 Å². The van der Waals surface area contributed by atoms with Crippen LogP contribution in [0.1, 0.15) is 92.4 Å². The maximum atomic E-state index is 14.7. The van der Waals surface area contributed by atoms with E-state index in [-0.39, 0.29) is 17.0 Å². The van der Waals surface area contributed by atoms with Gasteiger partial charge in [-0.15, -0.1) is 0 Å². The Morgan fingerprint density at radius 2 is 1.84 bits per heavy atom. The van der Waals surface area contributed by atoms with E-state index in [4.69, 9.17) is 10.5 Å². The molecule has 2 aromatic heterocycles. The molecule has 234 valence electrons. The predicted octanol–water partition coefficient (Wildman–Crippen LogP) is 6.92. The zero-order valence-corrected chi connectivity index (χ0v) is 26.0. The van der Waals surface area contributed by atoms with Crippen LogP contribution in [0.15, 0.2) is 42.7 Å². The fourth-order valence-electron chi connectivity index (χ4n) is 6.05. The van der Waals surface area contributed by atoms with Gasteiger partial charge < -0.3 is 20.9 Å². The maximum Gasteiger partial charge on any atom is 0.168 e. The van der Waals surface area contributed by atoms with E-state index in [1.807, 2.05) is 33.3 Å². The number of aldehydes is 1. The van der Waals surface area contributed by atoms with Crippen LogP contribution in [0.3, 0.4) is 0 Å². The number of aryl methyl sites for hydroxylation is 1.